The molecule has 0 aliphatic rings. The highest BCUT2D eigenvalue weighted by molar-refractivity contribution is 5.67. The molecule has 1 aromatic heterocycles. The van der Waals surface area contributed by atoms with E-state index in [-0.39, 0.29) is 17.1 Å². The second-order valence-corrected chi connectivity index (χ2v) is 4.09. The van der Waals surface area contributed by atoms with Crippen molar-refractivity contribution in [2.45, 2.75) is 12.4 Å². The van der Waals surface area contributed by atoms with Gasteiger partial charge in [-0.1, -0.05) is 0 Å². The summed E-state index contributed by atoms with van der Waals surface area (Å²) >= 11 is 0. The Morgan fingerprint density at radius 1 is 1.00 bits per heavy atom. The van der Waals surface area contributed by atoms with Crippen molar-refractivity contribution in [1.82, 2.24) is 0 Å². The smallest absolute Gasteiger partial charge is 0.422 e. The Morgan fingerprint density at radius 2 is 1.71 bits per heavy atom. The van der Waals surface area contributed by atoms with Crippen LogP contribution in [0.25, 0.3) is 11.3 Å². The second-order valence-electron chi connectivity index (χ2n) is 4.09. The summed E-state index contributed by atoms with van der Waals surface area (Å²) in [7, 11) is 0. The first-order valence-corrected chi connectivity index (χ1v) is 5.61. The molecule has 0 aliphatic carbocycles. The van der Waals surface area contributed by atoms with E-state index >= 15 is 0 Å². The minimum absolute atomic E-state index is 0.0155. The van der Waals surface area contributed by atoms with Crippen molar-refractivity contribution in [2.75, 3.05) is 6.61 Å². The molecule has 0 saturated carbocycles. The van der Waals surface area contributed by atoms with Crippen LogP contribution in [-0.4, -0.2) is 12.8 Å². The Balaban J connectivity index is 2.40. The lowest BCUT2D eigenvalue weighted by atomic mass is 10.1. The van der Waals surface area contributed by atoms with Gasteiger partial charge in [-0.3, -0.25) is 0 Å². The van der Waals surface area contributed by atoms with Crippen LogP contribution in [0, 0.1) is 0 Å². The minimum Gasteiger partial charge on any atom is -0.483 e. The van der Waals surface area contributed by atoms with Crippen LogP contribution >= 0.6 is 0 Å². The van der Waals surface area contributed by atoms with E-state index in [1.807, 2.05) is 0 Å². The minimum atomic E-state index is -4.62. The Hall–Kier alpha value is -2.12. The summed E-state index contributed by atoms with van der Waals surface area (Å²) in [6, 6.07) is 4.91. The lowest BCUT2D eigenvalue weighted by Crippen LogP contribution is -2.19. The summed E-state index contributed by atoms with van der Waals surface area (Å²) in [5, 5.41) is 0. The quantitative estimate of drug-likeness (QED) is 0.752. The van der Waals surface area contributed by atoms with Gasteiger partial charge in [-0.2, -0.15) is 26.3 Å². The van der Waals surface area contributed by atoms with Crippen LogP contribution in [0.3, 0.4) is 0 Å². The third-order valence-corrected chi connectivity index (χ3v) is 2.48. The van der Waals surface area contributed by atoms with E-state index in [9.17, 15) is 26.3 Å². The number of rotatable bonds is 3. The molecule has 0 spiro atoms. The summed E-state index contributed by atoms with van der Waals surface area (Å²) in [5.41, 5.74) is -1.20. The van der Waals surface area contributed by atoms with Crippen molar-refractivity contribution in [3.05, 3.63) is 42.2 Å². The number of furan rings is 1. The van der Waals surface area contributed by atoms with Crippen molar-refractivity contribution in [3.8, 4) is 17.1 Å². The van der Waals surface area contributed by atoms with Crippen molar-refractivity contribution in [2.24, 2.45) is 0 Å². The zero-order chi connectivity index (χ0) is 15.7. The summed E-state index contributed by atoms with van der Waals surface area (Å²) in [4.78, 5) is 0. The predicted octanol–water partition coefficient (Wildman–Crippen LogP) is 4.91. The van der Waals surface area contributed by atoms with Crippen LogP contribution < -0.4 is 4.74 Å². The van der Waals surface area contributed by atoms with E-state index < -0.39 is 24.5 Å². The fraction of sp³-hybridized carbons (Fsp3) is 0.231. The molecular weight excluding hydrogens is 302 g/mol. The largest absolute Gasteiger partial charge is 0.483 e. The Bertz CT molecular complexity index is 598. The summed E-state index contributed by atoms with van der Waals surface area (Å²) in [6.45, 7) is -1.61. The predicted molar refractivity (Wildman–Crippen MR) is 60.7 cm³/mol. The van der Waals surface area contributed by atoms with Gasteiger partial charge in [0.2, 0.25) is 0 Å². The molecule has 0 bridgehead atoms. The fourth-order valence-electron chi connectivity index (χ4n) is 1.62. The SMILES string of the molecule is FC(F)(F)COc1ccc(C(F)(F)F)cc1-c1ccco1. The fourth-order valence-corrected chi connectivity index (χ4v) is 1.62. The highest BCUT2D eigenvalue weighted by atomic mass is 19.4. The topological polar surface area (TPSA) is 22.4 Å². The number of alkyl halides is 6. The van der Waals surface area contributed by atoms with Crippen LogP contribution in [0.4, 0.5) is 26.3 Å². The monoisotopic (exact) mass is 310 g/mol. The number of halogens is 6. The van der Waals surface area contributed by atoms with E-state index in [1.54, 1.807) is 0 Å². The first-order valence-electron chi connectivity index (χ1n) is 5.61. The van der Waals surface area contributed by atoms with E-state index in [0.717, 1.165) is 6.07 Å². The normalized spacial score (nSPS) is 12.5. The van der Waals surface area contributed by atoms with Crippen LogP contribution in [-0.2, 0) is 6.18 Å². The second kappa shape index (κ2) is 5.34. The summed E-state index contributed by atoms with van der Waals surface area (Å²) < 4.78 is 83.9. The van der Waals surface area contributed by atoms with Gasteiger partial charge in [-0.05, 0) is 30.3 Å². The molecule has 1 aromatic carbocycles. The first kappa shape index (κ1) is 15.3. The molecule has 1 heterocycles. The van der Waals surface area contributed by atoms with Crippen LogP contribution in [0.2, 0.25) is 0 Å². The molecular formula is C13H8F6O2. The number of hydrogen-bond acceptors (Lipinski definition) is 2. The summed E-state index contributed by atoms with van der Waals surface area (Å²) in [6.07, 6.45) is -8.02. The molecule has 0 aliphatic heterocycles. The van der Waals surface area contributed by atoms with Crippen molar-refractivity contribution >= 4 is 0 Å². The molecule has 2 rings (SSSR count). The highest BCUT2D eigenvalue weighted by Gasteiger charge is 2.33. The molecule has 0 fully saturated rings. The maximum Gasteiger partial charge on any atom is 0.422 e. The highest BCUT2D eigenvalue weighted by Crippen LogP contribution is 2.37. The molecule has 114 valence electrons. The number of ether oxygens (including phenoxy) is 1. The molecule has 0 atom stereocenters. The van der Waals surface area contributed by atoms with Gasteiger partial charge in [0.15, 0.2) is 6.61 Å². The lowest BCUT2D eigenvalue weighted by molar-refractivity contribution is -0.153. The molecule has 2 aromatic rings. The van der Waals surface area contributed by atoms with Gasteiger partial charge in [-0.25, -0.2) is 0 Å². The Labute approximate surface area is 114 Å². The van der Waals surface area contributed by atoms with Crippen LogP contribution in [0.15, 0.2) is 41.0 Å². The van der Waals surface area contributed by atoms with Crippen LogP contribution in [0.5, 0.6) is 5.75 Å². The van der Waals surface area contributed by atoms with E-state index in [1.165, 1.54) is 18.4 Å². The summed E-state index contributed by atoms with van der Waals surface area (Å²) in [5.74, 6) is -0.353. The average Bonchev–Trinajstić information content (AvgIpc) is 2.87. The van der Waals surface area contributed by atoms with E-state index in [0.29, 0.717) is 12.1 Å². The van der Waals surface area contributed by atoms with Gasteiger partial charge in [0, 0.05) is 0 Å². The van der Waals surface area contributed by atoms with Gasteiger partial charge < -0.3 is 9.15 Å². The van der Waals surface area contributed by atoms with Crippen molar-refractivity contribution in [1.29, 1.82) is 0 Å². The van der Waals surface area contributed by atoms with Gasteiger partial charge >= 0.3 is 12.4 Å². The Kier molecular flexibility index (Phi) is 3.89. The van der Waals surface area contributed by atoms with Gasteiger partial charge in [-0.15, -0.1) is 0 Å². The third kappa shape index (κ3) is 3.93. The molecule has 21 heavy (non-hydrogen) atoms. The zero-order valence-corrected chi connectivity index (χ0v) is 10.3. The van der Waals surface area contributed by atoms with E-state index in [4.69, 9.17) is 4.42 Å². The standard InChI is InChI=1S/C13H8F6O2/c14-12(15,16)7-21-11-4-3-8(13(17,18)19)6-9(11)10-2-1-5-20-10/h1-6H,7H2. The van der Waals surface area contributed by atoms with Gasteiger partial charge in [0.1, 0.15) is 11.5 Å². The van der Waals surface area contributed by atoms with Gasteiger partial charge in [0.25, 0.3) is 0 Å². The average molecular weight is 310 g/mol. The zero-order valence-electron chi connectivity index (χ0n) is 10.3. The first-order chi connectivity index (χ1) is 9.67. The maximum absolute atomic E-state index is 12.7. The number of hydrogen-bond donors (Lipinski definition) is 0. The lowest BCUT2D eigenvalue weighted by Gasteiger charge is -2.14. The molecule has 2 nitrogen and oxygen atoms in total. The molecule has 0 radical (unpaired) electrons. The van der Waals surface area contributed by atoms with Crippen molar-refractivity contribution in [3.63, 3.8) is 0 Å². The molecule has 0 unspecified atom stereocenters. The van der Waals surface area contributed by atoms with Gasteiger partial charge in [0.05, 0.1) is 17.4 Å². The maximum atomic E-state index is 12.7. The Morgan fingerprint density at radius 3 is 2.24 bits per heavy atom. The molecule has 0 amide bonds. The number of benzene rings is 1. The molecule has 0 N–H and O–H groups in total. The molecule has 8 heteroatoms. The third-order valence-electron chi connectivity index (χ3n) is 2.48. The van der Waals surface area contributed by atoms with Crippen molar-refractivity contribution < 1.29 is 35.5 Å². The van der Waals surface area contributed by atoms with E-state index in [2.05, 4.69) is 4.74 Å². The molecule has 0 saturated heterocycles. The van der Waals surface area contributed by atoms with Crippen LogP contribution in [0.1, 0.15) is 5.56 Å².